The molecule has 0 aliphatic rings. The summed E-state index contributed by atoms with van der Waals surface area (Å²) in [6.45, 7) is 3.92. The van der Waals surface area contributed by atoms with Crippen molar-refractivity contribution in [2.45, 2.75) is 13.8 Å². The minimum Gasteiger partial charge on any atom is -0.394 e. The van der Waals surface area contributed by atoms with Gasteiger partial charge in [-0.1, -0.05) is 11.6 Å². The van der Waals surface area contributed by atoms with E-state index in [2.05, 4.69) is 4.84 Å². The van der Waals surface area contributed by atoms with E-state index in [-0.39, 0.29) is 5.88 Å². The fourth-order valence-corrected chi connectivity index (χ4v) is 0.288. The van der Waals surface area contributed by atoms with E-state index >= 15 is 0 Å². The van der Waals surface area contributed by atoms with Crippen molar-refractivity contribution < 1.29 is 4.84 Å². The van der Waals surface area contributed by atoms with Gasteiger partial charge in [0.15, 0.2) is 0 Å². The van der Waals surface area contributed by atoms with Gasteiger partial charge in [-0.3, -0.25) is 0 Å². The number of allylic oxidation sites excluding steroid dienone is 3. The monoisotopic (exact) mass is 128 g/mol. The van der Waals surface area contributed by atoms with Crippen molar-refractivity contribution in [1.82, 2.24) is 0 Å². The maximum absolute atomic E-state index is 5.19. The van der Waals surface area contributed by atoms with Gasteiger partial charge >= 0.3 is 0 Å². The lowest BCUT2D eigenvalue weighted by molar-refractivity contribution is 0.217. The Hall–Kier alpha value is -0.960. The van der Waals surface area contributed by atoms with Crippen LogP contribution in [-0.4, -0.2) is 0 Å². The van der Waals surface area contributed by atoms with E-state index in [9.17, 15) is 0 Å². The van der Waals surface area contributed by atoms with Crippen LogP contribution >= 0.6 is 0 Å². The Labute approximate surface area is 54.9 Å². The Bertz CT molecular complexity index is 134. The molecular formula is C6H12N2O. The number of nitrogens with two attached hydrogens (primary N) is 2. The summed E-state index contributed by atoms with van der Waals surface area (Å²) in [6, 6.07) is 0. The Morgan fingerprint density at radius 2 is 1.89 bits per heavy atom. The second-order valence-electron chi connectivity index (χ2n) is 1.93. The highest BCUT2D eigenvalue weighted by atomic mass is 16.6. The summed E-state index contributed by atoms with van der Waals surface area (Å²) in [5.41, 5.74) is 6.34. The summed E-state index contributed by atoms with van der Waals surface area (Å²) in [5.74, 6) is 4.95. The van der Waals surface area contributed by atoms with Gasteiger partial charge in [0.2, 0.25) is 5.88 Å². The lowest BCUT2D eigenvalue weighted by Gasteiger charge is -1.92. The van der Waals surface area contributed by atoms with Gasteiger partial charge in [-0.05, 0) is 19.9 Å². The highest BCUT2D eigenvalue weighted by molar-refractivity contribution is 5.09. The summed E-state index contributed by atoms with van der Waals surface area (Å²) < 4.78 is 0. The lowest BCUT2D eigenvalue weighted by Crippen LogP contribution is -2.06. The van der Waals surface area contributed by atoms with Crippen LogP contribution in [0.2, 0.25) is 0 Å². The first-order valence-corrected chi connectivity index (χ1v) is 2.64. The maximum atomic E-state index is 5.19. The molecule has 0 heterocycles. The largest absolute Gasteiger partial charge is 0.394 e. The van der Waals surface area contributed by atoms with Crippen LogP contribution in [-0.2, 0) is 4.84 Å². The number of hydrogen-bond acceptors (Lipinski definition) is 3. The van der Waals surface area contributed by atoms with Crippen LogP contribution < -0.4 is 11.6 Å². The van der Waals surface area contributed by atoms with Crippen LogP contribution in [0.25, 0.3) is 0 Å². The third-order valence-corrected chi connectivity index (χ3v) is 0.717. The fraction of sp³-hybridized carbons (Fsp3) is 0.333. The highest BCUT2D eigenvalue weighted by Gasteiger charge is 1.79. The normalized spacial score (nSPS) is 10.8. The molecule has 52 valence electrons. The van der Waals surface area contributed by atoms with E-state index in [0.717, 1.165) is 5.57 Å². The SMILES string of the molecule is CC(C)=C/C=C(\N)ON. The Morgan fingerprint density at radius 3 is 2.22 bits per heavy atom. The van der Waals surface area contributed by atoms with Crippen molar-refractivity contribution in [1.29, 1.82) is 0 Å². The molecule has 0 aromatic heterocycles. The van der Waals surface area contributed by atoms with Crippen LogP contribution in [0.1, 0.15) is 13.8 Å². The molecule has 0 aromatic carbocycles. The molecule has 0 bridgehead atoms. The van der Waals surface area contributed by atoms with Crippen molar-refractivity contribution in [2.75, 3.05) is 0 Å². The first kappa shape index (κ1) is 8.04. The molecule has 4 N–H and O–H groups in total. The van der Waals surface area contributed by atoms with E-state index in [0.29, 0.717) is 0 Å². The third kappa shape index (κ3) is 4.90. The topological polar surface area (TPSA) is 61.3 Å². The molecule has 0 aliphatic heterocycles. The minimum atomic E-state index is 0.219. The number of hydrogen-bond donors (Lipinski definition) is 2. The number of rotatable bonds is 2. The molecule has 0 radical (unpaired) electrons. The van der Waals surface area contributed by atoms with Crippen molar-refractivity contribution in [2.24, 2.45) is 11.6 Å². The first-order chi connectivity index (χ1) is 4.16. The third-order valence-electron chi connectivity index (χ3n) is 0.717. The molecule has 0 aromatic rings. The van der Waals surface area contributed by atoms with Gasteiger partial charge in [0.25, 0.3) is 0 Å². The van der Waals surface area contributed by atoms with Crippen molar-refractivity contribution in [3.63, 3.8) is 0 Å². The standard InChI is InChI=1S/C6H12N2O/c1-5(2)3-4-6(7)9-8/h3-4H,7-8H2,1-2H3/b6-4+. The second-order valence-corrected chi connectivity index (χ2v) is 1.93. The second kappa shape index (κ2) is 3.97. The van der Waals surface area contributed by atoms with E-state index in [1.165, 1.54) is 0 Å². The smallest absolute Gasteiger partial charge is 0.209 e. The van der Waals surface area contributed by atoms with Crippen LogP contribution in [0, 0.1) is 0 Å². The molecule has 0 amide bonds. The summed E-state index contributed by atoms with van der Waals surface area (Å²) in [7, 11) is 0. The van der Waals surface area contributed by atoms with Gasteiger partial charge in [-0.15, -0.1) is 0 Å². The Kier molecular flexibility index (Phi) is 3.55. The molecular weight excluding hydrogens is 116 g/mol. The van der Waals surface area contributed by atoms with Gasteiger partial charge in [-0.25, -0.2) is 0 Å². The van der Waals surface area contributed by atoms with Crippen molar-refractivity contribution in [3.8, 4) is 0 Å². The first-order valence-electron chi connectivity index (χ1n) is 2.64. The van der Waals surface area contributed by atoms with Crippen LogP contribution in [0.3, 0.4) is 0 Å². The summed E-state index contributed by atoms with van der Waals surface area (Å²) >= 11 is 0. The van der Waals surface area contributed by atoms with Crippen LogP contribution in [0.15, 0.2) is 23.6 Å². The summed E-state index contributed by atoms with van der Waals surface area (Å²) in [5, 5.41) is 0. The molecule has 0 aliphatic carbocycles. The zero-order chi connectivity index (χ0) is 7.28. The predicted molar refractivity (Wildman–Crippen MR) is 37.0 cm³/mol. The highest BCUT2D eigenvalue weighted by Crippen LogP contribution is 1.90. The maximum Gasteiger partial charge on any atom is 0.209 e. The van der Waals surface area contributed by atoms with Gasteiger partial charge in [-0.2, -0.15) is 5.90 Å². The average molecular weight is 128 g/mol. The van der Waals surface area contributed by atoms with Gasteiger partial charge in [0, 0.05) is 0 Å². The van der Waals surface area contributed by atoms with E-state index < -0.39 is 0 Å². The molecule has 0 fully saturated rings. The van der Waals surface area contributed by atoms with Gasteiger partial charge in [0.05, 0.1) is 0 Å². The molecule has 0 saturated carbocycles. The molecule has 0 atom stereocenters. The minimum absolute atomic E-state index is 0.219. The average Bonchev–Trinajstić information content (AvgIpc) is 1.83. The van der Waals surface area contributed by atoms with E-state index in [1.807, 2.05) is 19.9 Å². The van der Waals surface area contributed by atoms with Crippen LogP contribution in [0.4, 0.5) is 0 Å². The molecule has 0 unspecified atom stereocenters. The van der Waals surface area contributed by atoms with E-state index in [4.69, 9.17) is 11.6 Å². The summed E-state index contributed by atoms with van der Waals surface area (Å²) in [6.07, 6.45) is 3.43. The van der Waals surface area contributed by atoms with E-state index in [1.54, 1.807) is 6.08 Å². The zero-order valence-electron chi connectivity index (χ0n) is 5.72. The van der Waals surface area contributed by atoms with Gasteiger partial charge < -0.3 is 10.6 Å². The van der Waals surface area contributed by atoms with Gasteiger partial charge in [0.1, 0.15) is 0 Å². The zero-order valence-corrected chi connectivity index (χ0v) is 5.72. The Balaban J connectivity index is 3.83. The molecule has 3 heteroatoms. The Morgan fingerprint density at radius 1 is 1.33 bits per heavy atom. The molecule has 0 spiro atoms. The molecule has 0 saturated heterocycles. The molecule has 9 heavy (non-hydrogen) atoms. The fourth-order valence-electron chi connectivity index (χ4n) is 0.288. The predicted octanol–water partition coefficient (Wildman–Crippen LogP) is 0.643. The van der Waals surface area contributed by atoms with Crippen LogP contribution in [0.5, 0.6) is 0 Å². The summed E-state index contributed by atoms with van der Waals surface area (Å²) in [4.78, 5) is 4.19. The molecule has 0 rings (SSSR count). The quantitative estimate of drug-likeness (QED) is 0.326. The van der Waals surface area contributed by atoms with Crippen molar-refractivity contribution >= 4 is 0 Å². The van der Waals surface area contributed by atoms with Crippen molar-refractivity contribution in [3.05, 3.63) is 23.6 Å². The lowest BCUT2D eigenvalue weighted by atomic mass is 10.3. The molecule has 3 nitrogen and oxygen atoms in total.